The summed E-state index contributed by atoms with van der Waals surface area (Å²) >= 11 is 5.73. The molecule has 0 amide bonds. The Labute approximate surface area is 162 Å². The molecule has 2 aromatic carbocycles. The van der Waals surface area contributed by atoms with Crippen LogP contribution in [0.2, 0.25) is 5.02 Å². The van der Waals surface area contributed by atoms with Gasteiger partial charge in [-0.25, -0.2) is 12.8 Å². The average molecular weight is 415 g/mol. The number of benzene rings is 2. The molecule has 0 spiro atoms. The van der Waals surface area contributed by atoms with Gasteiger partial charge in [-0.15, -0.1) is 0 Å². The first kappa shape index (κ1) is 19.7. The number of ether oxygens (including phenoxy) is 2. The van der Waals surface area contributed by atoms with Gasteiger partial charge >= 0.3 is 0 Å². The van der Waals surface area contributed by atoms with E-state index < -0.39 is 15.8 Å². The Kier molecular flexibility index (Phi) is 5.50. The number of hydrogen-bond donors (Lipinski definition) is 1. The number of anilines is 1. The molecule has 1 unspecified atom stereocenters. The highest BCUT2D eigenvalue weighted by molar-refractivity contribution is 7.92. The number of likely N-dealkylation sites (N-methyl/N-ethyl adjacent to an activating group) is 1. The van der Waals surface area contributed by atoms with E-state index in [1.54, 1.807) is 6.07 Å². The van der Waals surface area contributed by atoms with E-state index in [2.05, 4.69) is 4.72 Å². The van der Waals surface area contributed by atoms with Gasteiger partial charge in [-0.05, 0) is 50.8 Å². The van der Waals surface area contributed by atoms with Crippen LogP contribution in [0.4, 0.5) is 10.1 Å². The molecule has 1 atom stereocenters. The minimum atomic E-state index is -3.97. The highest BCUT2D eigenvalue weighted by Gasteiger charge is 2.31. The lowest BCUT2D eigenvalue weighted by Crippen LogP contribution is -2.39. The Morgan fingerprint density at radius 2 is 2.04 bits per heavy atom. The Balaban J connectivity index is 2.01. The fourth-order valence-corrected chi connectivity index (χ4v) is 4.32. The maximum Gasteiger partial charge on any atom is 0.265 e. The molecule has 1 N–H and O–H groups in total. The first-order chi connectivity index (χ1) is 12.7. The molecular weight excluding hydrogens is 395 g/mol. The number of rotatable bonds is 5. The number of hydrogen-bond acceptors (Lipinski definition) is 5. The Morgan fingerprint density at radius 3 is 2.67 bits per heavy atom. The van der Waals surface area contributed by atoms with Crippen molar-refractivity contribution in [3.05, 3.63) is 46.7 Å². The van der Waals surface area contributed by atoms with Gasteiger partial charge in [0.05, 0.1) is 17.8 Å². The van der Waals surface area contributed by atoms with Crippen molar-refractivity contribution in [2.45, 2.75) is 17.4 Å². The van der Waals surface area contributed by atoms with Crippen LogP contribution in [-0.4, -0.2) is 47.2 Å². The molecule has 0 aliphatic carbocycles. The second kappa shape index (κ2) is 7.53. The number of sulfonamides is 1. The second-order valence-electron chi connectivity index (χ2n) is 6.44. The average Bonchev–Trinajstić information content (AvgIpc) is 2.62. The Morgan fingerprint density at radius 1 is 1.30 bits per heavy atom. The number of methoxy groups -OCH3 is 1. The van der Waals surface area contributed by atoms with E-state index in [0.717, 1.165) is 6.07 Å². The largest absolute Gasteiger partial charge is 0.496 e. The number of fused-ring (bicyclic) bond motifs is 1. The van der Waals surface area contributed by atoms with E-state index in [9.17, 15) is 12.8 Å². The van der Waals surface area contributed by atoms with Gasteiger partial charge in [-0.3, -0.25) is 4.72 Å². The molecule has 0 fully saturated rings. The fraction of sp³-hybridized carbons (Fsp3) is 0.333. The normalized spacial score (nSPS) is 16.6. The molecule has 1 aliphatic rings. The number of halogens is 2. The quantitative estimate of drug-likeness (QED) is 0.814. The van der Waals surface area contributed by atoms with Crippen molar-refractivity contribution < 1.29 is 22.3 Å². The van der Waals surface area contributed by atoms with Crippen LogP contribution in [0, 0.1) is 5.82 Å². The molecule has 2 aromatic rings. The van der Waals surface area contributed by atoms with Gasteiger partial charge < -0.3 is 14.4 Å². The van der Waals surface area contributed by atoms with Gasteiger partial charge in [0.25, 0.3) is 10.0 Å². The lowest BCUT2D eigenvalue weighted by molar-refractivity contribution is 0.159. The van der Waals surface area contributed by atoms with Crippen LogP contribution in [0.5, 0.6) is 11.5 Å². The van der Waals surface area contributed by atoms with Crippen molar-refractivity contribution >= 4 is 27.3 Å². The molecule has 146 valence electrons. The second-order valence-corrected chi connectivity index (χ2v) is 8.50. The summed E-state index contributed by atoms with van der Waals surface area (Å²) in [6, 6.07) is 6.76. The third-order valence-corrected chi connectivity index (χ3v) is 6.15. The van der Waals surface area contributed by atoms with Crippen molar-refractivity contribution in [1.29, 1.82) is 0 Å². The van der Waals surface area contributed by atoms with Crippen LogP contribution in [0.25, 0.3) is 0 Å². The van der Waals surface area contributed by atoms with Crippen molar-refractivity contribution in [1.82, 2.24) is 4.90 Å². The van der Waals surface area contributed by atoms with Gasteiger partial charge in [-0.2, -0.15) is 0 Å². The third kappa shape index (κ3) is 3.97. The summed E-state index contributed by atoms with van der Waals surface area (Å²) < 4.78 is 52.7. The molecule has 9 heteroatoms. The van der Waals surface area contributed by atoms with Gasteiger partial charge in [0, 0.05) is 11.6 Å². The van der Waals surface area contributed by atoms with E-state index in [-0.39, 0.29) is 27.4 Å². The minimum Gasteiger partial charge on any atom is -0.496 e. The highest BCUT2D eigenvalue weighted by Crippen LogP contribution is 2.39. The van der Waals surface area contributed by atoms with Crippen LogP contribution >= 0.6 is 11.6 Å². The maximum atomic E-state index is 13.3. The zero-order valence-electron chi connectivity index (χ0n) is 15.1. The van der Waals surface area contributed by atoms with Crippen LogP contribution in [0.3, 0.4) is 0 Å². The molecular formula is C18H20ClFN2O4S. The van der Waals surface area contributed by atoms with Crippen LogP contribution in [0.15, 0.2) is 35.2 Å². The Hall–Kier alpha value is -2.03. The molecule has 0 saturated heterocycles. The standard InChI is InChI=1S/C18H20ClFN2O4S/c1-22(2)12-9-13-16(25-3)6-7-17(18(13)26-10-12)27(23,24)21-11-4-5-15(20)14(19)8-11/h4-8,12,21H,9-10H2,1-3H3. The van der Waals surface area contributed by atoms with Gasteiger partial charge in [0.2, 0.25) is 0 Å². The summed E-state index contributed by atoms with van der Waals surface area (Å²) in [7, 11) is 1.43. The topological polar surface area (TPSA) is 67.9 Å². The van der Waals surface area contributed by atoms with E-state index in [1.165, 1.54) is 25.3 Å². The molecule has 1 heterocycles. The number of nitrogens with zero attached hydrogens (tertiary/aromatic N) is 1. The minimum absolute atomic E-state index is 0.00375. The molecule has 1 aliphatic heterocycles. The summed E-state index contributed by atoms with van der Waals surface area (Å²) in [6.45, 7) is 0.359. The van der Waals surface area contributed by atoms with Crippen LogP contribution in [-0.2, 0) is 16.4 Å². The summed E-state index contributed by atoms with van der Waals surface area (Å²) in [5, 5.41) is -0.169. The van der Waals surface area contributed by atoms with Gasteiger partial charge in [0.15, 0.2) is 0 Å². The fourth-order valence-electron chi connectivity index (χ4n) is 2.92. The molecule has 6 nitrogen and oxygen atoms in total. The summed E-state index contributed by atoms with van der Waals surface area (Å²) in [5.74, 6) is 0.216. The predicted octanol–water partition coefficient (Wildman–Crippen LogP) is 3.15. The third-order valence-electron chi connectivity index (χ3n) is 4.45. The van der Waals surface area contributed by atoms with E-state index >= 15 is 0 Å². The first-order valence-corrected chi connectivity index (χ1v) is 10.1. The van der Waals surface area contributed by atoms with Crippen LogP contribution in [0.1, 0.15) is 5.56 Å². The van der Waals surface area contributed by atoms with Crippen LogP contribution < -0.4 is 14.2 Å². The maximum absolute atomic E-state index is 13.3. The molecule has 3 rings (SSSR count). The number of nitrogens with one attached hydrogen (secondary N) is 1. The zero-order chi connectivity index (χ0) is 19.8. The van der Waals surface area contributed by atoms with E-state index in [4.69, 9.17) is 21.1 Å². The predicted molar refractivity (Wildman–Crippen MR) is 102 cm³/mol. The van der Waals surface area contributed by atoms with E-state index in [1.807, 2.05) is 19.0 Å². The van der Waals surface area contributed by atoms with Crippen molar-refractivity contribution in [2.75, 3.05) is 32.5 Å². The summed E-state index contributed by atoms with van der Waals surface area (Å²) in [6.07, 6.45) is 0.594. The van der Waals surface area contributed by atoms with Gasteiger partial charge in [-0.1, -0.05) is 11.6 Å². The zero-order valence-corrected chi connectivity index (χ0v) is 16.7. The molecule has 0 bridgehead atoms. The first-order valence-electron chi connectivity index (χ1n) is 8.20. The smallest absolute Gasteiger partial charge is 0.265 e. The lowest BCUT2D eigenvalue weighted by Gasteiger charge is -2.31. The van der Waals surface area contributed by atoms with Crippen molar-refractivity contribution in [2.24, 2.45) is 0 Å². The molecule has 0 radical (unpaired) electrons. The highest BCUT2D eigenvalue weighted by atomic mass is 35.5. The molecule has 0 saturated carbocycles. The molecule has 0 aromatic heterocycles. The SMILES string of the molecule is COc1ccc(S(=O)(=O)Nc2ccc(F)c(Cl)c2)c2c1CC(N(C)C)CO2. The van der Waals surface area contributed by atoms with Crippen molar-refractivity contribution in [3.63, 3.8) is 0 Å². The van der Waals surface area contributed by atoms with Gasteiger partial charge in [0.1, 0.15) is 28.8 Å². The monoisotopic (exact) mass is 414 g/mol. The summed E-state index contributed by atoms with van der Waals surface area (Å²) in [4.78, 5) is 2.01. The Bertz CT molecular complexity index is 966. The van der Waals surface area contributed by atoms with Crippen molar-refractivity contribution in [3.8, 4) is 11.5 Å². The lowest BCUT2D eigenvalue weighted by atomic mass is 10.0. The van der Waals surface area contributed by atoms with E-state index in [0.29, 0.717) is 24.3 Å². The summed E-state index contributed by atoms with van der Waals surface area (Å²) in [5.41, 5.74) is 0.857. The molecule has 27 heavy (non-hydrogen) atoms.